The predicted molar refractivity (Wildman–Crippen MR) is 79.4 cm³/mol. The summed E-state index contributed by atoms with van der Waals surface area (Å²) in [5.74, 6) is -0.144. The molecule has 3 N–H and O–H groups in total. The number of primary amides is 1. The first-order valence-electron chi connectivity index (χ1n) is 8.02. The van der Waals surface area contributed by atoms with Gasteiger partial charge in [-0.25, -0.2) is 0 Å². The minimum atomic E-state index is -0.432. The van der Waals surface area contributed by atoms with E-state index in [1.54, 1.807) is 0 Å². The van der Waals surface area contributed by atoms with E-state index in [1.165, 1.54) is 12.8 Å². The highest BCUT2D eigenvalue weighted by Gasteiger charge is 2.48. The number of hydrogen-bond donors (Lipinski definition) is 2. The second-order valence-corrected chi connectivity index (χ2v) is 7.09. The molecular weight excluding hydrogens is 252 g/mol. The van der Waals surface area contributed by atoms with Gasteiger partial charge in [-0.2, -0.15) is 0 Å². The van der Waals surface area contributed by atoms with E-state index >= 15 is 0 Å². The van der Waals surface area contributed by atoms with Crippen LogP contribution in [-0.2, 0) is 4.79 Å². The molecule has 3 atom stereocenters. The monoisotopic (exact) mass is 280 g/mol. The number of nitrogens with two attached hydrogens (primary N) is 1. The number of rotatable bonds is 4. The number of likely N-dealkylation sites (N-methyl/N-ethyl adjacent to an activating group) is 1. The lowest BCUT2D eigenvalue weighted by atomic mass is 9.95. The molecule has 0 bridgehead atoms. The van der Waals surface area contributed by atoms with Gasteiger partial charge in [0, 0.05) is 37.8 Å². The molecule has 5 heteroatoms. The molecule has 2 aliphatic carbocycles. The van der Waals surface area contributed by atoms with Gasteiger partial charge >= 0.3 is 0 Å². The molecule has 5 nitrogen and oxygen atoms in total. The Balaban J connectivity index is 1.63. The first-order valence-corrected chi connectivity index (χ1v) is 8.02. The number of carbonyl (C=O) groups excluding carboxylic acids is 1. The van der Waals surface area contributed by atoms with Gasteiger partial charge in [0.1, 0.15) is 0 Å². The van der Waals surface area contributed by atoms with E-state index in [1.807, 2.05) is 0 Å². The quantitative estimate of drug-likeness (QED) is 0.769. The van der Waals surface area contributed by atoms with Crippen molar-refractivity contribution in [3.63, 3.8) is 0 Å². The molecule has 3 fully saturated rings. The van der Waals surface area contributed by atoms with Gasteiger partial charge in [-0.1, -0.05) is 0 Å². The highest BCUT2D eigenvalue weighted by atomic mass is 16.1. The number of nitrogens with one attached hydrogen (secondary N) is 1. The van der Waals surface area contributed by atoms with Crippen LogP contribution in [0, 0.1) is 0 Å². The van der Waals surface area contributed by atoms with Crippen LogP contribution in [0.5, 0.6) is 0 Å². The van der Waals surface area contributed by atoms with E-state index in [4.69, 9.17) is 5.73 Å². The second-order valence-electron chi connectivity index (χ2n) is 7.09. The van der Waals surface area contributed by atoms with E-state index in [9.17, 15) is 4.79 Å². The number of carbonyl (C=O) groups is 1. The van der Waals surface area contributed by atoms with Gasteiger partial charge in [0.05, 0.1) is 5.54 Å². The van der Waals surface area contributed by atoms with Crippen LogP contribution >= 0.6 is 0 Å². The fraction of sp³-hybridized carbons (Fsp3) is 0.933. The maximum atomic E-state index is 12.0. The molecule has 20 heavy (non-hydrogen) atoms. The van der Waals surface area contributed by atoms with Crippen LogP contribution in [0.4, 0.5) is 0 Å². The van der Waals surface area contributed by atoms with Crippen LogP contribution in [-0.4, -0.2) is 66.1 Å². The minimum Gasteiger partial charge on any atom is -0.368 e. The molecule has 3 rings (SSSR count). The Morgan fingerprint density at radius 3 is 2.65 bits per heavy atom. The average Bonchev–Trinajstić information content (AvgIpc) is 3.10. The van der Waals surface area contributed by atoms with E-state index in [0.29, 0.717) is 18.1 Å². The van der Waals surface area contributed by atoms with Crippen molar-refractivity contribution in [1.82, 2.24) is 15.1 Å². The van der Waals surface area contributed by atoms with Crippen molar-refractivity contribution in [3.8, 4) is 0 Å². The number of nitrogens with zero attached hydrogens (tertiary/aromatic N) is 2. The van der Waals surface area contributed by atoms with Crippen molar-refractivity contribution in [1.29, 1.82) is 0 Å². The summed E-state index contributed by atoms with van der Waals surface area (Å²) in [5, 5.41) is 3.54. The third-order valence-electron chi connectivity index (χ3n) is 5.53. The zero-order chi connectivity index (χ0) is 14.3. The average molecular weight is 280 g/mol. The van der Waals surface area contributed by atoms with Crippen LogP contribution in [0.3, 0.4) is 0 Å². The molecule has 1 saturated heterocycles. The largest absolute Gasteiger partial charge is 0.368 e. The first kappa shape index (κ1) is 14.3. The van der Waals surface area contributed by atoms with Crippen molar-refractivity contribution >= 4 is 5.91 Å². The highest BCUT2D eigenvalue weighted by molar-refractivity contribution is 5.85. The molecule has 3 unspecified atom stereocenters. The fourth-order valence-electron chi connectivity index (χ4n) is 3.78. The number of piperazine rings is 1. The van der Waals surface area contributed by atoms with Gasteiger partial charge in [-0.3, -0.25) is 9.69 Å². The Labute approximate surface area is 121 Å². The fourth-order valence-corrected chi connectivity index (χ4v) is 3.78. The molecule has 1 heterocycles. The van der Waals surface area contributed by atoms with Crippen molar-refractivity contribution in [3.05, 3.63) is 0 Å². The molecular formula is C15H28N4O. The van der Waals surface area contributed by atoms with E-state index in [-0.39, 0.29) is 5.91 Å². The first-order chi connectivity index (χ1) is 9.50. The molecule has 3 aliphatic rings. The standard InChI is InChI=1S/C15H28N4O/c1-11-10-19(8-7-18(11)2)13-5-6-15(9-13,14(16)20)17-12-3-4-12/h11-13,17H,3-10H2,1-2H3,(H2,16,20). The van der Waals surface area contributed by atoms with Crippen molar-refractivity contribution in [2.24, 2.45) is 5.73 Å². The van der Waals surface area contributed by atoms with Crippen LogP contribution in [0.1, 0.15) is 39.0 Å². The Hall–Kier alpha value is -0.650. The lowest BCUT2D eigenvalue weighted by molar-refractivity contribution is -0.124. The van der Waals surface area contributed by atoms with Crippen molar-refractivity contribution < 1.29 is 4.79 Å². The molecule has 0 radical (unpaired) electrons. The van der Waals surface area contributed by atoms with E-state index in [2.05, 4.69) is 29.1 Å². The van der Waals surface area contributed by atoms with Gasteiger partial charge < -0.3 is 16.0 Å². The van der Waals surface area contributed by atoms with E-state index in [0.717, 1.165) is 38.9 Å². The molecule has 0 aromatic carbocycles. The third kappa shape index (κ3) is 2.71. The molecule has 0 aromatic heterocycles. The number of hydrogen-bond acceptors (Lipinski definition) is 4. The number of amides is 1. The van der Waals surface area contributed by atoms with Gasteiger partial charge in [0.15, 0.2) is 0 Å². The summed E-state index contributed by atoms with van der Waals surface area (Å²) in [6.45, 7) is 5.63. The smallest absolute Gasteiger partial charge is 0.237 e. The summed E-state index contributed by atoms with van der Waals surface area (Å²) in [7, 11) is 2.19. The molecule has 1 amide bonds. The van der Waals surface area contributed by atoms with Crippen molar-refractivity contribution in [2.75, 3.05) is 26.7 Å². The van der Waals surface area contributed by atoms with Gasteiger partial charge in [0.25, 0.3) is 0 Å². The van der Waals surface area contributed by atoms with Crippen LogP contribution in [0.15, 0.2) is 0 Å². The van der Waals surface area contributed by atoms with Crippen LogP contribution in [0.25, 0.3) is 0 Å². The maximum Gasteiger partial charge on any atom is 0.237 e. The SMILES string of the molecule is CC1CN(C2CCC(NC3CC3)(C(N)=O)C2)CCN1C. The minimum absolute atomic E-state index is 0.144. The zero-order valence-electron chi connectivity index (χ0n) is 12.8. The Morgan fingerprint density at radius 2 is 2.05 bits per heavy atom. The van der Waals surface area contributed by atoms with Crippen LogP contribution < -0.4 is 11.1 Å². The predicted octanol–water partition coefficient (Wildman–Crippen LogP) is 0.151. The molecule has 1 aliphatic heterocycles. The Kier molecular flexibility index (Phi) is 3.77. The van der Waals surface area contributed by atoms with Gasteiger partial charge in [-0.15, -0.1) is 0 Å². The topological polar surface area (TPSA) is 61.6 Å². The summed E-state index contributed by atoms with van der Waals surface area (Å²) < 4.78 is 0. The molecule has 0 spiro atoms. The summed E-state index contributed by atoms with van der Waals surface area (Å²) >= 11 is 0. The molecule has 114 valence electrons. The van der Waals surface area contributed by atoms with E-state index < -0.39 is 5.54 Å². The van der Waals surface area contributed by atoms with Crippen molar-refractivity contribution in [2.45, 2.75) is 62.7 Å². The zero-order valence-corrected chi connectivity index (χ0v) is 12.8. The Bertz CT molecular complexity index is 384. The Morgan fingerprint density at radius 1 is 1.30 bits per heavy atom. The highest BCUT2D eigenvalue weighted by Crippen LogP contribution is 2.36. The molecule has 2 saturated carbocycles. The van der Waals surface area contributed by atoms with Gasteiger partial charge in [-0.05, 0) is 46.1 Å². The molecule has 0 aromatic rings. The second kappa shape index (κ2) is 5.28. The van der Waals surface area contributed by atoms with Gasteiger partial charge in [0.2, 0.25) is 5.91 Å². The summed E-state index contributed by atoms with van der Waals surface area (Å²) in [6.07, 6.45) is 5.30. The lowest BCUT2D eigenvalue weighted by Crippen LogP contribution is -2.57. The normalized spacial score (nSPS) is 40.1. The maximum absolute atomic E-state index is 12.0. The summed E-state index contributed by atoms with van der Waals surface area (Å²) in [4.78, 5) is 16.9. The third-order valence-corrected chi connectivity index (χ3v) is 5.53. The van der Waals surface area contributed by atoms with Crippen LogP contribution in [0.2, 0.25) is 0 Å². The summed E-state index contributed by atoms with van der Waals surface area (Å²) in [6, 6.07) is 1.65. The summed E-state index contributed by atoms with van der Waals surface area (Å²) in [5.41, 5.74) is 5.29. The lowest BCUT2D eigenvalue weighted by Gasteiger charge is -2.41.